The number of halogens is 2. The van der Waals surface area contributed by atoms with Gasteiger partial charge in [-0.25, -0.2) is 9.79 Å². The molecule has 0 fully saturated rings. The number of esters is 1. The molecule has 0 radical (unpaired) electrons. The Hall–Kier alpha value is -2.70. The highest BCUT2D eigenvalue weighted by atomic mass is 35.5. The molecule has 0 aromatic heterocycles. The third kappa shape index (κ3) is 3.26. The summed E-state index contributed by atoms with van der Waals surface area (Å²) < 4.78 is 5.16. The predicted molar refractivity (Wildman–Crippen MR) is 94.9 cm³/mol. The van der Waals surface area contributed by atoms with Crippen LogP contribution in [0.25, 0.3) is 6.08 Å². The van der Waals surface area contributed by atoms with Gasteiger partial charge < -0.3 is 4.74 Å². The Morgan fingerprint density at radius 1 is 1.16 bits per heavy atom. The average molecular weight is 377 g/mol. The number of rotatable bonds is 3. The van der Waals surface area contributed by atoms with Gasteiger partial charge in [-0.2, -0.15) is 0 Å². The molecule has 0 saturated carbocycles. The molecular weight excluding hydrogens is 367 g/mol. The van der Waals surface area contributed by atoms with Crippen LogP contribution in [0.1, 0.15) is 16.7 Å². The number of benzene rings is 2. The molecule has 1 aliphatic heterocycles. The maximum absolute atomic E-state index is 12.1. The quantitative estimate of drug-likeness (QED) is 0.340. The van der Waals surface area contributed by atoms with Crippen molar-refractivity contribution in [2.75, 3.05) is 0 Å². The molecule has 0 N–H and O–H groups in total. The van der Waals surface area contributed by atoms with Crippen molar-refractivity contribution in [3.8, 4) is 0 Å². The molecule has 8 heteroatoms. The van der Waals surface area contributed by atoms with E-state index in [1.807, 2.05) is 0 Å². The second-order valence-corrected chi connectivity index (χ2v) is 5.99. The van der Waals surface area contributed by atoms with Gasteiger partial charge in [0.2, 0.25) is 5.90 Å². The number of hydrogen-bond acceptors (Lipinski definition) is 5. The largest absolute Gasteiger partial charge is 0.402 e. The SMILES string of the molecule is Cc1c(C2=N/C(=C\c3c(Cl)cccc3Cl)C(=O)O2)cccc1[N+](=O)[O-]. The summed E-state index contributed by atoms with van der Waals surface area (Å²) in [5.41, 5.74) is 1.10. The lowest BCUT2D eigenvalue weighted by atomic mass is 10.1. The lowest BCUT2D eigenvalue weighted by Crippen LogP contribution is -2.08. The fourth-order valence-corrected chi connectivity index (χ4v) is 2.87. The number of nitro benzene ring substituents is 1. The molecule has 0 spiro atoms. The molecule has 25 heavy (non-hydrogen) atoms. The van der Waals surface area contributed by atoms with E-state index in [9.17, 15) is 14.9 Å². The number of ether oxygens (including phenoxy) is 1. The van der Waals surface area contributed by atoms with Gasteiger partial charge in [0.25, 0.3) is 5.69 Å². The van der Waals surface area contributed by atoms with Gasteiger partial charge in [-0.15, -0.1) is 0 Å². The van der Waals surface area contributed by atoms with Crippen LogP contribution in [0, 0.1) is 17.0 Å². The van der Waals surface area contributed by atoms with Gasteiger partial charge in [-0.05, 0) is 31.2 Å². The predicted octanol–water partition coefficient (Wildman–Crippen LogP) is 4.55. The van der Waals surface area contributed by atoms with E-state index < -0.39 is 10.9 Å². The maximum Gasteiger partial charge on any atom is 0.363 e. The minimum Gasteiger partial charge on any atom is -0.402 e. The number of hydrogen-bond donors (Lipinski definition) is 0. The summed E-state index contributed by atoms with van der Waals surface area (Å²) in [4.78, 5) is 26.8. The lowest BCUT2D eigenvalue weighted by Gasteiger charge is -2.04. The van der Waals surface area contributed by atoms with Gasteiger partial charge in [-0.3, -0.25) is 10.1 Å². The van der Waals surface area contributed by atoms with Crippen molar-refractivity contribution in [2.45, 2.75) is 6.92 Å². The summed E-state index contributed by atoms with van der Waals surface area (Å²) in [5, 5.41) is 11.8. The minimum absolute atomic E-state index is 0.000580. The number of carbonyl (C=O) groups excluding carboxylic acids is 1. The van der Waals surface area contributed by atoms with Crippen LogP contribution in [0.15, 0.2) is 47.1 Å². The normalized spacial score (nSPS) is 15.2. The Morgan fingerprint density at radius 2 is 1.80 bits per heavy atom. The molecule has 0 saturated heterocycles. The van der Waals surface area contributed by atoms with E-state index in [1.165, 1.54) is 18.2 Å². The van der Waals surface area contributed by atoms with Crippen molar-refractivity contribution in [3.05, 3.63) is 78.9 Å². The lowest BCUT2D eigenvalue weighted by molar-refractivity contribution is -0.385. The summed E-state index contributed by atoms with van der Waals surface area (Å²) in [6, 6.07) is 9.42. The maximum atomic E-state index is 12.1. The fourth-order valence-electron chi connectivity index (χ4n) is 2.36. The van der Waals surface area contributed by atoms with Crippen LogP contribution in [-0.4, -0.2) is 16.8 Å². The first-order chi connectivity index (χ1) is 11.9. The summed E-state index contributed by atoms with van der Waals surface area (Å²) >= 11 is 12.2. The van der Waals surface area contributed by atoms with E-state index in [0.717, 1.165) is 0 Å². The molecule has 2 aromatic carbocycles. The van der Waals surface area contributed by atoms with Gasteiger partial charge in [0.1, 0.15) is 0 Å². The zero-order chi connectivity index (χ0) is 18.1. The van der Waals surface area contributed by atoms with Crippen LogP contribution < -0.4 is 0 Å². The average Bonchev–Trinajstić information content (AvgIpc) is 2.91. The molecule has 1 aliphatic rings. The molecule has 0 amide bonds. The first-order valence-corrected chi connectivity index (χ1v) is 7.85. The molecule has 3 rings (SSSR count). The van der Waals surface area contributed by atoms with Gasteiger partial charge in [0.15, 0.2) is 5.70 Å². The van der Waals surface area contributed by atoms with Crippen molar-refractivity contribution in [2.24, 2.45) is 4.99 Å². The zero-order valence-corrected chi connectivity index (χ0v) is 14.3. The van der Waals surface area contributed by atoms with Crippen LogP contribution in [0.3, 0.4) is 0 Å². The van der Waals surface area contributed by atoms with E-state index in [1.54, 1.807) is 31.2 Å². The fraction of sp³-hybridized carbons (Fsp3) is 0.0588. The van der Waals surface area contributed by atoms with Crippen LogP contribution >= 0.6 is 23.2 Å². The highest BCUT2D eigenvalue weighted by molar-refractivity contribution is 6.37. The highest BCUT2D eigenvalue weighted by Crippen LogP contribution is 2.30. The molecule has 0 atom stereocenters. The smallest absolute Gasteiger partial charge is 0.363 e. The number of carbonyl (C=O) groups is 1. The number of cyclic esters (lactones) is 1. The van der Waals surface area contributed by atoms with Crippen molar-refractivity contribution in [1.29, 1.82) is 0 Å². The molecule has 0 aliphatic carbocycles. The van der Waals surface area contributed by atoms with Crippen LogP contribution in [0.4, 0.5) is 5.69 Å². The molecule has 0 unspecified atom stereocenters. The van der Waals surface area contributed by atoms with Gasteiger partial charge in [0.05, 0.1) is 4.92 Å². The summed E-state index contributed by atoms with van der Waals surface area (Å²) in [6.45, 7) is 1.57. The molecule has 0 bridgehead atoms. The molecule has 2 aromatic rings. The monoisotopic (exact) mass is 376 g/mol. The van der Waals surface area contributed by atoms with Crippen molar-refractivity contribution in [3.63, 3.8) is 0 Å². The molecule has 1 heterocycles. The van der Waals surface area contributed by atoms with Crippen LogP contribution in [0.2, 0.25) is 10.0 Å². The Bertz CT molecular complexity index is 947. The van der Waals surface area contributed by atoms with Crippen molar-refractivity contribution >= 4 is 46.8 Å². The molecule has 126 valence electrons. The third-order valence-corrected chi connectivity index (χ3v) is 4.29. The number of nitrogens with zero attached hydrogens (tertiary/aromatic N) is 2. The van der Waals surface area contributed by atoms with E-state index in [2.05, 4.69) is 4.99 Å². The molecular formula is C17H10Cl2N2O4. The van der Waals surface area contributed by atoms with Gasteiger partial charge in [-0.1, -0.05) is 35.3 Å². The standard InChI is InChI=1S/C17H10Cl2N2O4/c1-9-10(4-2-7-15(9)21(23)24)16-20-14(17(22)25-16)8-11-12(18)5-3-6-13(11)19/h2-8H,1H3/b14-8-. The summed E-state index contributed by atoms with van der Waals surface area (Å²) in [7, 11) is 0. The highest BCUT2D eigenvalue weighted by Gasteiger charge is 2.27. The van der Waals surface area contributed by atoms with Crippen LogP contribution in [-0.2, 0) is 9.53 Å². The van der Waals surface area contributed by atoms with E-state index in [0.29, 0.717) is 26.7 Å². The Kier molecular flexibility index (Phi) is 4.57. The summed E-state index contributed by atoms with van der Waals surface area (Å²) in [6.07, 6.45) is 1.42. The van der Waals surface area contributed by atoms with E-state index in [4.69, 9.17) is 27.9 Å². The van der Waals surface area contributed by atoms with E-state index >= 15 is 0 Å². The van der Waals surface area contributed by atoms with Gasteiger partial charge >= 0.3 is 5.97 Å². The number of aliphatic imine (C=N–C) groups is 1. The first kappa shape index (κ1) is 17.1. The Balaban J connectivity index is 2.06. The summed E-state index contributed by atoms with van der Waals surface area (Å²) in [5.74, 6) is -0.683. The van der Waals surface area contributed by atoms with Crippen LogP contribution in [0.5, 0.6) is 0 Å². The van der Waals surface area contributed by atoms with Crippen molar-refractivity contribution in [1.82, 2.24) is 0 Å². The second kappa shape index (κ2) is 6.66. The molecule has 6 nitrogen and oxygen atoms in total. The first-order valence-electron chi connectivity index (χ1n) is 7.09. The van der Waals surface area contributed by atoms with Crippen molar-refractivity contribution < 1.29 is 14.5 Å². The van der Waals surface area contributed by atoms with Gasteiger partial charge in [0, 0.05) is 32.8 Å². The Labute approximate surface area is 152 Å². The Morgan fingerprint density at radius 3 is 2.44 bits per heavy atom. The third-order valence-electron chi connectivity index (χ3n) is 3.63. The number of nitro groups is 1. The topological polar surface area (TPSA) is 81.8 Å². The minimum atomic E-state index is -0.683. The zero-order valence-electron chi connectivity index (χ0n) is 12.8. The second-order valence-electron chi connectivity index (χ2n) is 5.18. The van der Waals surface area contributed by atoms with E-state index in [-0.39, 0.29) is 17.3 Å².